The van der Waals surface area contributed by atoms with Gasteiger partial charge in [0, 0.05) is 16.1 Å². The monoisotopic (exact) mass is 291 g/mol. The largest absolute Gasteiger partial charge is 0.382 e. The maximum atomic E-state index is 13.0. The molecule has 1 heterocycles. The van der Waals surface area contributed by atoms with Crippen LogP contribution in [0.25, 0.3) is 11.3 Å². The van der Waals surface area contributed by atoms with Crippen LogP contribution in [0.5, 0.6) is 0 Å². The Kier molecular flexibility index (Phi) is 3.71. The van der Waals surface area contributed by atoms with E-state index in [4.69, 9.17) is 5.73 Å². The number of nitrogens with zero attached hydrogens (tertiary/aromatic N) is 1. The fraction of sp³-hybridized carbons (Fsp3) is 0. The summed E-state index contributed by atoms with van der Waals surface area (Å²) in [6.07, 6.45) is 0. The van der Waals surface area contributed by atoms with Gasteiger partial charge in [0.25, 0.3) is 0 Å². The third-order valence-corrected chi connectivity index (χ3v) is 2.51. The highest BCUT2D eigenvalue weighted by Crippen LogP contribution is 2.28. The molecule has 0 saturated carbocycles. The molecule has 0 bridgehead atoms. The molecule has 15 heavy (non-hydrogen) atoms. The van der Waals surface area contributed by atoms with Crippen LogP contribution in [0.4, 0.5) is 10.2 Å². The van der Waals surface area contributed by atoms with Gasteiger partial charge in [-0.3, -0.25) is 5.10 Å². The number of benzene rings is 1. The topological polar surface area (TPSA) is 54.7 Å². The maximum Gasteiger partial charge on any atom is 0.145 e. The number of nitrogens with two attached hydrogens (primary N) is 1. The molecule has 0 unspecified atom stereocenters. The summed E-state index contributed by atoms with van der Waals surface area (Å²) in [5.41, 5.74) is 6.84. The van der Waals surface area contributed by atoms with Crippen molar-refractivity contribution in [2.75, 3.05) is 5.73 Å². The van der Waals surface area contributed by atoms with Crippen molar-refractivity contribution in [2.45, 2.75) is 0 Å². The van der Waals surface area contributed by atoms with Crippen LogP contribution < -0.4 is 5.73 Å². The lowest BCUT2D eigenvalue weighted by atomic mass is 10.1. The number of anilines is 1. The van der Waals surface area contributed by atoms with Crippen molar-refractivity contribution in [3.8, 4) is 11.3 Å². The lowest BCUT2D eigenvalue weighted by Crippen LogP contribution is -1.82. The van der Waals surface area contributed by atoms with Crippen LogP contribution in [0.1, 0.15) is 0 Å². The van der Waals surface area contributed by atoms with Crippen LogP contribution >= 0.6 is 28.3 Å². The molecule has 0 saturated heterocycles. The van der Waals surface area contributed by atoms with Crippen LogP contribution in [-0.2, 0) is 0 Å². The standard InChI is InChI=1S/C9H7BrFN3.ClH/c10-7-2-1-5(11)3-6(7)8-4-9(12)14-13-8;/h1-4H,(H3,12,13,14);1H. The predicted molar refractivity (Wildman–Crippen MR) is 63.3 cm³/mol. The average molecular weight is 293 g/mol. The van der Waals surface area contributed by atoms with E-state index in [1.54, 1.807) is 12.1 Å². The van der Waals surface area contributed by atoms with E-state index in [0.29, 0.717) is 17.1 Å². The van der Waals surface area contributed by atoms with E-state index in [1.807, 2.05) is 0 Å². The van der Waals surface area contributed by atoms with Crippen molar-refractivity contribution in [3.05, 3.63) is 34.6 Å². The summed E-state index contributed by atoms with van der Waals surface area (Å²) in [5.74, 6) is 0.0903. The second kappa shape index (κ2) is 4.63. The number of hydrogen-bond acceptors (Lipinski definition) is 2. The van der Waals surface area contributed by atoms with E-state index in [9.17, 15) is 4.39 Å². The quantitative estimate of drug-likeness (QED) is 0.849. The molecule has 2 aromatic rings. The number of aromatic nitrogens is 2. The van der Waals surface area contributed by atoms with Gasteiger partial charge in [0.1, 0.15) is 11.6 Å². The number of halogens is 3. The normalized spacial score (nSPS) is 9.73. The van der Waals surface area contributed by atoms with Gasteiger partial charge < -0.3 is 5.73 Å². The number of aromatic amines is 1. The van der Waals surface area contributed by atoms with E-state index < -0.39 is 0 Å². The molecule has 0 radical (unpaired) electrons. The van der Waals surface area contributed by atoms with Gasteiger partial charge in [0.05, 0.1) is 5.69 Å². The first-order valence-electron chi connectivity index (χ1n) is 3.93. The number of H-pyrrole nitrogens is 1. The lowest BCUT2D eigenvalue weighted by Gasteiger charge is -2.00. The molecule has 0 aliphatic heterocycles. The van der Waals surface area contributed by atoms with Crippen LogP contribution in [-0.4, -0.2) is 10.2 Å². The van der Waals surface area contributed by atoms with Crippen LogP contribution in [0, 0.1) is 5.82 Å². The van der Waals surface area contributed by atoms with Crippen molar-refractivity contribution < 1.29 is 4.39 Å². The summed E-state index contributed by atoms with van der Waals surface area (Å²) in [6.45, 7) is 0. The Morgan fingerprint density at radius 1 is 1.33 bits per heavy atom. The molecule has 3 nitrogen and oxygen atoms in total. The molecule has 0 amide bonds. The molecule has 1 aromatic heterocycles. The molecule has 0 aliphatic rings. The van der Waals surface area contributed by atoms with Gasteiger partial charge in [-0.1, -0.05) is 15.9 Å². The first-order valence-corrected chi connectivity index (χ1v) is 4.72. The zero-order chi connectivity index (χ0) is 10.1. The van der Waals surface area contributed by atoms with E-state index >= 15 is 0 Å². The van der Waals surface area contributed by atoms with Gasteiger partial charge in [-0.2, -0.15) is 5.10 Å². The molecule has 0 spiro atoms. The second-order valence-corrected chi connectivity index (χ2v) is 3.68. The number of nitrogens with one attached hydrogen (secondary N) is 1. The van der Waals surface area contributed by atoms with Crippen LogP contribution in [0.15, 0.2) is 28.7 Å². The Morgan fingerprint density at radius 2 is 2.07 bits per heavy atom. The van der Waals surface area contributed by atoms with Crippen molar-refractivity contribution in [1.82, 2.24) is 10.2 Å². The van der Waals surface area contributed by atoms with Crippen molar-refractivity contribution in [3.63, 3.8) is 0 Å². The summed E-state index contributed by atoms with van der Waals surface area (Å²) in [7, 11) is 0. The fourth-order valence-electron chi connectivity index (χ4n) is 1.18. The number of hydrogen-bond donors (Lipinski definition) is 2. The van der Waals surface area contributed by atoms with Gasteiger partial charge in [0.2, 0.25) is 0 Å². The molecule has 80 valence electrons. The van der Waals surface area contributed by atoms with Crippen LogP contribution in [0.3, 0.4) is 0 Å². The van der Waals surface area contributed by atoms with Gasteiger partial charge in [-0.05, 0) is 18.2 Å². The highest BCUT2D eigenvalue weighted by Gasteiger charge is 2.06. The van der Waals surface area contributed by atoms with Crippen molar-refractivity contribution in [1.29, 1.82) is 0 Å². The minimum absolute atomic E-state index is 0. The maximum absolute atomic E-state index is 13.0. The molecular weight excluding hydrogens is 284 g/mol. The van der Waals surface area contributed by atoms with Crippen molar-refractivity contribution >= 4 is 34.2 Å². The van der Waals surface area contributed by atoms with E-state index in [2.05, 4.69) is 26.1 Å². The molecule has 6 heteroatoms. The zero-order valence-corrected chi connectivity index (χ0v) is 9.90. The summed E-state index contributed by atoms with van der Waals surface area (Å²) >= 11 is 3.32. The third-order valence-electron chi connectivity index (χ3n) is 1.82. The Hall–Kier alpha value is -1.07. The summed E-state index contributed by atoms with van der Waals surface area (Å²) in [6, 6.07) is 6.09. The highest BCUT2D eigenvalue weighted by atomic mass is 79.9. The SMILES string of the molecule is Cl.Nc1cc(-c2cc(F)ccc2Br)[nH]n1. The summed E-state index contributed by atoms with van der Waals surface area (Å²) in [4.78, 5) is 0. The smallest absolute Gasteiger partial charge is 0.145 e. The lowest BCUT2D eigenvalue weighted by molar-refractivity contribution is 0.628. The summed E-state index contributed by atoms with van der Waals surface area (Å²) < 4.78 is 13.7. The Balaban J connectivity index is 0.00000112. The van der Waals surface area contributed by atoms with Gasteiger partial charge in [-0.15, -0.1) is 12.4 Å². The third kappa shape index (κ3) is 2.49. The first kappa shape index (κ1) is 12.0. The number of rotatable bonds is 1. The van der Waals surface area contributed by atoms with Crippen molar-refractivity contribution in [2.24, 2.45) is 0 Å². The zero-order valence-electron chi connectivity index (χ0n) is 7.50. The predicted octanol–water partition coefficient (Wildman–Crippen LogP) is 2.98. The Labute approximate surface area is 100 Å². The van der Waals surface area contributed by atoms with Gasteiger partial charge >= 0.3 is 0 Å². The molecule has 2 rings (SSSR count). The molecule has 0 aliphatic carbocycles. The van der Waals surface area contributed by atoms with E-state index in [0.717, 1.165) is 4.47 Å². The Bertz CT molecular complexity index is 472. The molecule has 1 aromatic carbocycles. The molecule has 0 atom stereocenters. The first-order chi connectivity index (χ1) is 6.66. The van der Waals surface area contributed by atoms with Gasteiger partial charge in [-0.25, -0.2) is 4.39 Å². The minimum Gasteiger partial charge on any atom is -0.382 e. The average Bonchev–Trinajstić information content (AvgIpc) is 2.56. The fourth-order valence-corrected chi connectivity index (χ4v) is 1.64. The molecular formula is C9H8BrClFN3. The van der Waals surface area contributed by atoms with E-state index in [-0.39, 0.29) is 18.2 Å². The van der Waals surface area contributed by atoms with E-state index in [1.165, 1.54) is 12.1 Å². The second-order valence-electron chi connectivity index (χ2n) is 2.83. The molecule has 3 N–H and O–H groups in total. The Morgan fingerprint density at radius 3 is 2.67 bits per heavy atom. The van der Waals surface area contributed by atoms with Gasteiger partial charge in [0.15, 0.2) is 0 Å². The highest BCUT2D eigenvalue weighted by molar-refractivity contribution is 9.10. The number of nitrogen functional groups attached to an aromatic ring is 1. The molecule has 0 fully saturated rings. The minimum atomic E-state index is -0.295. The van der Waals surface area contributed by atoms with Crippen LogP contribution in [0.2, 0.25) is 0 Å². The summed E-state index contributed by atoms with van der Waals surface area (Å²) in [5, 5.41) is 6.49.